The second kappa shape index (κ2) is 3.80. The molecule has 0 spiro atoms. The highest BCUT2D eigenvalue weighted by molar-refractivity contribution is 6.00. The van der Waals surface area contributed by atoms with Crippen molar-refractivity contribution in [1.29, 1.82) is 0 Å². The Morgan fingerprint density at radius 3 is 2.53 bits per heavy atom. The number of aliphatic hydroxyl groups excluding tert-OH is 1. The van der Waals surface area contributed by atoms with E-state index >= 15 is 0 Å². The van der Waals surface area contributed by atoms with Crippen molar-refractivity contribution in [1.82, 2.24) is 4.90 Å². The molecule has 3 rings (SSSR count). The quantitative estimate of drug-likeness (QED) is 0.599. The van der Waals surface area contributed by atoms with Crippen LogP contribution in [0.1, 0.15) is 20.3 Å². The predicted octanol–water partition coefficient (Wildman–Crippen LogP) is -0.470. The number of rotatable bonds is 3. The molecule has 0 aromatic carbocycles. The standard InChI is InChI=1S/C13H18N2O4/c1-4-8(6-3-7(6)14)11(13(18)19)15-10(4)9(5(2)16)12(15)17/h4-7,9-10,16H,3,14H2,1-2H3,(H,18,19). The van der Waals surface area contributed by atoms with Crippen molar-refractivity contribution >= 4 is 11.9 Å². The third-order valence-electron chi connectivity index (χ3n) is 4.67. The van der Waals surface area contributed by atoms with E-state index in [1.807, 2.05) is 6.92 Å². The highest BCUT2D eigenvalue weighted by Crippen LogP contribution is 2.53. The molecule has 19 heavy (non-hydrogen) atoms. The minimum atomic E-state index is -1.07. The molecule has 1 amide bonds. The third-order valence-corrected chi connectivity index (χ3v) is 4.67. The van der Waals surface area contributed by atoms with E-state index in [0.717, 1.165) is 12.0 Å². The fourth-order valence-corrected chi connectivity index (χ4v) is 3.67. The maximum Gasteiger partial charge on any atom is 0.352 e. The fourth-order valence-electron chi connectivity index (χ4n) is 3.67. The molecule has 2 heterocycles. The number of hydrogen-bond acceptors (Lipinski definition) is 4. The van der Waals surface area contributed by atoms with Crippen LogP contribution in [0.3, 0.4) is 0 Å². The van der Waals surface area contributed by atoms with Gasteiger partial charge in [-0.1, -0.05) is 6.92 Å². The van der Waals surface area contributed by atoms with Gasteiger partial charge in [-0.15, -0.1) is 0 Å². The van der Waals surface area contributed by atoms with Crippen molar-refractivity contribution in [2.24, 2.45) is 23.5 Å². The summed E-state index contributed by atoms with van der Waals surface area (Å²) in [7, 11) is 0. The number of carboxylic acid groups (broad SMARTS) is 1. The zero-order valence-corrected chi connectivity index (χ0v) is 10.9. The SMILES string of the molecule is CC(O)C1C(=O)N2C(C(=O)O)=C(C3CC3N)C(C)C12. The molecule has 0 radical (unpaired) electrons. The molecule has 1 saturated heterocycles. The molecule has 6 heteroatoms. The topological polar surface area (TPSA) is 104 Å². The summed E-state index contributed by atoms with van der Waals surface area (Å²) in [5, 5.41) is 19.1. The van der Waals surface area contributed by atoms with E-state index in [0.29, 0.717) is 0 Å². The molecule has 0 bridgehead atoms. The monoisotopic (exact) mass is 266 g/mol. The van der Waals surface area contributed by atoms with Gasteiger partial charge in [0.15, 0.2) is 0 Å². The number of nitrogens with zero attached hydrogens (tertiary/aromatic N) is 1. The van der Waals surface area contributed by atoms with Gasteiger partial charge in [-0.2, -0.15) is 0 Å². The van der Waals surface area contributed by atoms with Crippen molar-refractivity contribution < 1.29 is 19.8 Å². The Kier molecular flexibility index (Phi) is 2.53. The normalized spacial score (nSPS) is 42.0. The van der Waals surface area contributed by atoms with Crippen LogP contribution >= 0.6 is 0 Å². The van der Waals surface area contributed by atoms with Gasteiger partial charge in [0.2, 0.25) is 5.91 Å². The van der Waals surface area contributed by atoms with Crippen molar-refractivity contribution in [3.05, 3.63) is 11.3 Å². The Hall–Kier alpha value is -1.40. The lowest BCUT2D eigenvalue weighted by atomic mass is 9.77. The molecule has 1 aliphatic carbocycles. The number of hydrogen-bond donors (Lipinski definition) is 3. The van der Waals surface area contributed by atoms with Crippen LogP contribution in [0, 0.1) is 17.8 Å². The van der Waals surface area contributed by atoms with Crippen LogP contribution in [-0.2, 0) is 9.59 Å². The molecule has 0 aromatic rings. The van der Waals surface area contributed by atoms with Crippen LogP contribution < -0.4 is 5.73 Å². The number of aliphatic carboxylic acids is 1. The van der Waals surface area contributed by atoms with E-state index in [9.17, 15) is 19.8 Å². The fraction of sp³-hybridized carbons (Fsp3) is 0.692. The molecular weight excluding hydrogens is 248 g/mol. The molecule has 6 nitrogen and oxygen atoms in total. The van der Waals surface area contributed by atoms with Crippen molar-refractivity contribution in [3.8, 4) is 0 Å². The Morgan fingerprint density at radius 2 is 2.11 bits per heavy atom. The smallest absolute Gasteiger partial charge is 0.352 e. The van der Waals surface area contributed by atoms with Gasteiger partial charge in [0.1, 0.15) is 5.70 Å². The third kappa shape index (κ3) is 1.50. The van der Waals surface area contributed by atoms with E-state index in [1.165, 1.54) is 4.90 Å². The number of carbonyl (C=O) groups excluding carboxylic acids is 1. The van der Waals surface area contributed by atoms with Gasteiger partial charge in [0, 0.05) is 12.0 Å². The summed E-state index contributed by atoms with van der Waals surface area (Å²) >= 11 is 0. The van der Waals surface area contributed by atoms with Gasteiger partial charge in [-0.3, -0.25) is 4.79 Å². The largest absolute Gasteiger partial charge is 0.477 e. The molecule has 6 atom stereocenters. The van der Waals surface area contributed by atoms with E-state index in [1.54, 1.807) is 6.92 Å². The Balaban J connectivity index is 2.00. The summed E-state index contributed by atoms with van der Waals surface area (Å²) in [6, 6.07) is -0.216. The maximum absolute atomic E-state index is 12.1. The number of fused-ring (bicyclic) bond motifs is 1. The van der Waals surface area contributed by atoms with Gasteiger partial charge in [-0.25, -0.2) is 4.79 Å². The number of amides is 1. The average Bonchev–Trinajstić information content (AvgIpc) is 2.93. The summed E-state index contributed by atoms with van der Waals surface area (Å²) in [6.45, 7) is 3.50. The number of aliphatic hydroxyl groups is 1. The Morgan fingerprint density at radius 1 is 1.53 bits per heavy atom. The van der Waals surface area contributed by atoms with E-state index in [-0.39, 0.29) is 35.5 Å². The first-order chi connectivity index (χ1) is 8.86. The zero-order valence-electron chi connectivity index (χ0n) is 10.9. The summed E-state index contributed by atoms with van der Waals surface area (Å²) in [6.07, 6.45) is 0.0309. The van der Waals surface area contributed by atoms with Crippen molar-refractivity contribution in [3.63, 3.8) is 0 Å². The lowest BCUT2D eigenvalue weighted by Crippen LogP contribution is -2.63. The van der Waals surface area contributed by atoms with Gasteiger partial charge in [0.05, 0.1) is 18.1 Å². The minimum Gasteiger partial charge on any atom is -0.477 e. The van der Waals surface area contributed by atoms with E-state index in [4.69, 9.17) is 5.73 Å². The first-order valence-corrected chi connectivity index (χ1v) is 6.60. The first-order valence-electron chi connectivity index (χ1n) is 6.60. The second-order valence-corrected chi connectivity index (χ2v) is 5.87. The maximum atomic E-state index is 12.1. The summed E-state index contributed by atoms with van der Waals surface area (Å²) in [4.78, 5) is 24.9. The molecule has 1 saturated carbocycles. The van der Waals surface area contributed by atoms with Crippen LogP contribution in [-0.4, -0.2) is 45.2 Å². The predicted molar refractivity (Wildman–Crippen MR) is 65.7 cm³/mol. The number of carbonyl (C=O) groups is 2. The minimum absolute atomic E-state index is 0.00519. The number of β-lactam (4-membered cyclic amide) rings is 1. The lowest BCUT2D eigenvalue weighted by Gasteiger charge is -2.46. The van der Waals surface area contributed by atoms with Gasteiger partial charge < -0.3 is 20.8 Å². The van der Waals surface area contributed by atoms with Crippen molar-refractivity contribution in [2.45, 2.75) is 38.5 Å². The Labute approximate surface area is 110 Å². The molecule has 6 unspecified atom stereocenters. The highest BCUT2D eigenvalue weighted by atomic mass is 16.4. The molecule has 2 fully saturated rings. The molecule has 0 aromatic heterocycles. The molecule has 2 aliphatic heterocycles. The van der Waals surface area contributed by atoms with Crippen LogP contribution in [0.4, 0.5) is 0 Å². The van der Waals surface area contributed by atoms with Crippen LogP contribution in [0.5, 0.6) is 0 Å². The number of carboxylic acids is 1. The van der Waals surface area contributed by atoms with Crippen LogP contribution in [0.25, 0.3) is 0 Å². The lowest BCUT2D eigenvalue weighted by molar-refractivity contribution is -0.163. The van der Waals surface area contributed by atoms with E-state index < -0.39 is 18.0 Å². The van der Waals surface area contributed by atoms with E-state index in [2.05, 4.69) is 0 Å². The molecule has 104 valence electrons. The summed E-state index contributed by atoms with van der Waals surface area (Å²) in [5.74, 6) is -1.80. The molecule has 3 aliphatic rings. The second-order valence-electron chi connectivity index (χ2n) is 5.87. The first kappa shape index (κ1) is 12.6. The summed E-state index contributed by atoms with van der Waals surface area (Å²) in [5.41, 5.74) is 6.73. The van der Waals surface area contributed by atoms with Crippen molar-refractivity contribution in [2.75, 3.05) is 0 Å². The highest BCUT2D eigenvalue weighted by Gasteiger charge is 2.62. The number of nitrogens with two attached hydrogens (primary N) is 1. The zero-order chi connectivity index (χ0) is 14.1. The summed E-state index contributed by atoms with van der Waals surface area (Å²) < 4.78 is 0. The van der Waals surface area contributed by atoms with Crippen LogP contribution in [0.2, 0.25) is 0 Å². The van der Waals surface area contributed by atoms with Crippen LogP contribution in [0.15, 0.2) is 11.3 Å². The Bertz CT molecular complexity index is 499. The van der Waals surface area contributed by atoms with Gasteiger partial charge in [-0.05, 0) is 24.8 Å². The average molecular weight is 266 g/mol. The van der Waals surface area contributed by atoms with Gasteiger partial charge in [0.25, 0.3) is 0 Å². The van der Waals surface area contributed by atoms with Gasteiger partial charge >= 0.3 is 5.97 Å². The molecule has 4 N–H and O–H groups in total. The molecular formula is C13H18N2O4.